The summed E-state index contributed by atoms with van der Waals surface area (Å²) in [5.41, 5.74) is -0.595. The molecule has 0 aromatic carbocycles. The number of rotatable bonds is 83. The van der Waals surface area contributed by atoms with E-state index in [0.717, 1.165) is 122 Å². The van der Waals surface area contributed by atoms with Crippen molar-refractivity contribution in [1.82, 2.24) is 0 Å². The molecule has 12 heteroatoms. The smallest absolute Gasteiger partial charge is 0.306 e. The highest BCUT2D eigenvalue weighted by Gasteiger charge is 2.72. The van der Waals surface area contributed by atoms with Crippen molar-refractivity contribution in [3.8, 4) is 0 Å². The topological polar surface area (TPSA) is 150 Å². The third-order valence-electron chi connectivity index (χ3n) is 33.3. The molecule has 1 heterocycles. The highest BCUT2D eigenvalue weighted by Crippen LogP contribution is 2.76. The van der Waals surface area contributed by atoms with Crippen LogP contribution in [0.2, 0.25) is 0 Å². The zero-order chi connectivity index (χ0) is 92.6. The first kappa shape index (κ1) is 116. The minimum absolute atomic E-state index is 0.00226. The van der Waals surface area contributed by atoms with Gasteiger partial charge in [0.25, 0.3) is 0 Å². The lowest BCUT2D eigenvalue weighted by Gasteiger charge is -2.70. The lowest BCUT2D eigenvalue weighted by Crippen LogP contribution is -2.67. The van der Waals surface area contributed by atoms with Gasteiger partial charge in [-0.05, 0) is 128 Å². The fourth-order valence-corrected chi connectivity index (χ4v) is 25.1. The van der Waals surface area contributed by atoms with Crippen molar-refractivity contribution in [2.75, 3.05) is 6.61 Å². The van der Waals surface area contributed by atoms with Crippen molar-refractivity contribution < 1.29 is 57.1 Å². The first-order chi connectivity index (χ1) is 62.1. The molecule has 1 saturated heterocycles. The van der Waals surface area contributed by atoms with E-state index in [9.17, 15) is 14.4 Å². The normalized spacial score (nSPS) is 25.1. The molecule has 0 spiro atoms. The molecule has 1 aliphatic heterocycles. The molecule has 0 bridgehead atoms. The number of ether oxygens (including phenoxy) is 7. The molecule has 0 aromatic heterocycles. The molecule has 0 radical (unpaired) electrons. The van der Waals surface area contributed by atoms with Gasteiger partial charge in [0.1, 0.15) is 18.8 Å². The molecule has 4 saturated carbocycles. The number of carbonyl (C=O) groups excluding carboxylic acids is 5. The SMILES string of the molecule is CCCCCCCCCCCCCCCC(=O)OC[C@H]1O[C@@H](O[C@H]2CC[C@]3(C)[C@H]4C[C@@H](OC(=O)CCCCCCCCCCCCCCC)[C@@H]5[C@@H]([C@H](C)CCCC(C)C)CC[C@@]5(C)[C@]4(C)CC[C@H]3C2(C)C)[C@H](OC(=O)CCCCCCCCCCCCCCC)[C@@H](OC(=O)CCCCCCCCCCCCCCC)[C@@H]1OC(=O)CCCCCCCCCCCCCCC. The Morgan fingerprint density at radius 2 is 0.617 bits per heavy atom. The molecule has 5 aliphatic rings. The van der Waals surface area contributed by atoms with Crippen molar-refractivity contribution in [1.29, 1.82) is 0 Å². The maximum Gasteiger partial charge on any atom is 0.306 e. The number of hydrogen-bond acceptors (Lipinski definition) is 12. The van der Waals surface area contributed by atoms with Gasteiger partial charge < -0.3 is 33.2 Å². The molecule has 0 N–H and O–H groups in total. The Bertz CT molecular complexity index is 2750. The molecule has 0 aromatic rings. The average molecular weight is 1800 g/mol. The molecule has 4 aliphatic carbocycles. The van der Waals surface area contributed by atoms with Crippen LogP contribution in [0, 0.1) is 57.2 Å². The molecule has 0 unspecified atom stereocenters. The zero-order valence-electron chi connectivity index (χ0n) is 87.2. The predicted molar refractivity (Wildman–Crippen MR) is 538 cm³/mol. The molecule has 15 atom stereocenters. The molecular formula is C116H214O12. The summed E-state index contributed by atoms with van der Waals surface area (Å²) in [4.78, 5) is 73.9. The average Bonchev–Trinajstić information content (AvgIpc) is 1.27. The van der Waals surface area contributed by atoms with Gasteiger partial charge in [-0.2, -0.15) is 0 Å². The number of carbonyl (C=O) groups is 5. The van der Waals surface area contributed by atoms with Crippen LogP contribution in [0.1, 0.15) is 604 Å². The van der Waals surface area contributed by atoms with Gasteiger partial charge in [0.2, 0.25) is 0 Å². The van der Waals surface area contributed by atoms with Gasteiger partial charge in [-0.1, -0.05) is 495 Å². The van der Waals surface area contributed by atoms with Gasteiger partial charge in [-0.3, -0.25) is 24.0 Å². The van der Waals surface area contributed by atoms with Gasteiger partial charge in [-0.15, -0.1) is 0 Å². The van der Waals surface area contributed by atoms with Crippen LogP contribution in [-0.4, -0.2) is 79.4 Å². The van der Waals surface area contributed by atoms with E-state index in [1.54, 1.807) is 0 Å². The molecule has 5 rings (SSSR count). The maximum absolute atomic E-state index is 15.1. The van der Waals surface area contributed by atoms with Crippen molar-refractivity contribution in [3.05, 3.63) is 0 Å². The monoisotopic (exact) mass is 1800 g/mol. The fraction of sp³-hybridized carbons (Fsp3) is 0.957. The van der Waals surface area contributed by atoms with Gasteiger partial charge in [0, 0.05) is 38.0 Å². The summed E-state index contributed by atoms with van der Waals surface area (Å²) in [5.74, 6) is 0.896. The summed E-state index contributed by atoms with van der Waals surface area (Å²) in [6, 6.07) is 0. The molecular weight excluding hydrogens is 1590 g/mol. The third kappa shape index (κ3) is 45.0. The van der Waals surface area contributed by atoms with Gasteiger partial charge in [0.05, 0.1) is 6.10 Å². The standard InChI is InChI=1S/C116H214O12/c1-14-19-24-29-34-39-44-49-54-59-64-69-74-82-103(117)122-94-99-109(126-105(119)84-76-71-66-61-56-51-46-41-36-31-26-21-16-3)110(127-106(120)85-77-72-67-62-57-52-47-42-37-32-27-22-17-4)111(128-107(121)86-78-73-68-63-58-53-48-43-38-33-28-23-18-5)112(124-99)125-102-89-90-114(11)100(113(102,9)10)88-92-115(12)101(114)93-98(108-97(87-91-116(108,115)13)96(8)81-79-80-95(6)7)123-104(118)83-75-70-65-60-55-50-45-40-35-30-25-20-15-2/h95-102,108-112H,14-94H2,1-13H3/t96-,97-,98-,99-,100+,101-,102+,108+,109-,110+,111-,112+,114+,115-,116-/m1/s1. The van der Waals surface area contributed by atoms with Crippen molar-refractivity contribution in [2.24, 2.45) is 57.2 Å². The van der Waals surface area contributed by atoms with Crippen molar-refractivity contribution in [3.63, 3.8) is 0 Å². The molecule has 750 valence electrons. The number of unbranched alkanes of at least 4 members (excludes halogenated alkanes) is 60. The van der Waals surface area contributed by atoms with E-state index in [0.29, 0.717) is 62.2 Å². The lowest BCUT2D eigenvalue weighted by molar-refractivity contribution is -0.335. The quantitative estimate of drug-likeness (QED) is 0.0247. The molecule has 12 nitrogen and oxygen atoms in total. The fourth-order valence-electron chi connectivity index (χ4n) is 25.1. The zero-order valence-corrected chi connectivity index (χ0v) is 87.2. The number of esters is 5. The van der Waals surface area contributed by atoms with E-state index in [-0.39, 0.29) is 78.4 Å². The Balaban J connectivity index is 1.47. The third-order valence-corrected chi connectivity index (χ3v) is 33.3. The Hall–Kier alpha value is -2.73. The van der Waals surface area contributed by atoms with Crippen LogP contribution in [0.4, 0.5) is 0 Å². The van der Waals surface area contributed by atoms with Crippen molar-refractivity contribution in [2.45, 2.75) is 647 Å². The number of hydrogen-bond donors (Lipinski definition) is 0. The Morgan fingerprint density at radius 1 is 0.312 bits per heavy atom. The summed E-state index contributed by atoms with van der Waals surface area (Å²) < 4.78 is 49.1. The van der Waals surface area contributed by atoms with Crippen LogP contribution >= 0.6 is 0 Å². The summed E-state index contributed by atoms with van der Waals surface area (Å²) in [6.07, 6.45) is 83.3. The van der Waals surface area contributed by atoms with Crippen LogP contribution in [0.3, 0.4) is 0 Å². The van der Waals surface area contributed by atoms with Crippen LogP contribution < -0.4 is 0 Å². The van der Waals surface area contributed by atoms with E-state index in [4.69, 9.17) is 33.2 Å². The van der Waals surface area contributed by atoms with Crippen LogP contribution in [0.25, 0.3) is 0 Å². The van der Waals surface area contributed by atoms with E-state index >= 15 is 9.59 Å². The summed E-state index contributed by atoms with van der Waals surface area (Å²) in [7, 11) is 0. The first-order valence-electron chi connectivity index (χ1n) is 57.4. The largest absolute Gasteiger partial charge is 0.463 e. The second-order valence-electron chi connectivity index (χ2n) is 44.8. The van der Waals surface area contributed by atoms with E-state index < -0.39 is 60.1 Å². The number of fused-ring (bicyclic) bond motifs is 5. The van der Waals surface area contributed by atoms with Gasteiger partial charge in [0.15, 0.2) is 24.6 Å². The summed E-state index contributed by atoms with van der Waals surface area (Å²) in [5, 5.41) is 0. The van der Waals surface area contributed by atoms with Crippen LogP contribution in [0.5, 0.6) is 0 Å². The highest BCUT2D eigenvalue weighted by atomic mass is 16.7. The predicted octanol–water partition coefficient (Wildman–Crippen LogP) is 35.5. The molecule has 5 fully saturated rings. The summed E-state index contributed by atoms with van der Waals surface area (Å²) in [6.45, 7) is 31.1. The summed E-state index contributed by atoms with van der Waals surface area (Å²) >= 11 is 0. The Kier molecular flexibility index (Phi) is 64.1. The Morgan fingerprint density at radius 3 is 0.961 bits per heavy atom. The lowest BCUT2D eigenvalue weighted by atomic mass is 9.35. The van der Waals surface area contributed by atoms with E-state index in [1.165, 1.54) is 327 Å². The minimum Gasteiger partial charge on any atom is -0.463 e. The molecule has 0 amide bonds. The van der Waals surface area contributed by atoms with Gasteiger partial charge in [-0.25, -0.2) is 0 Å². The van der Waals surface area contributed by atoms with E-state index in [2.05, 4.69) is 90.0 Å². The molecule has 128 heavy (non-hydrogen) atoms. The van der Waals surface area contributed by atoms with Crippen LogP contribution in [-0.2, 0) is 57.1 Å². The Labute approximate surface area is 792 Å². The van der Waals surface area contributed by atoms with Crippen molar-refractivity contribution >= 4 is 29.8 Å². The second-order valence-corrected chi connectivity index (χ2v) is 44.8. The highest BCUT2D eigenvalue weighted by molar-refractivity contribution is 5.72. The maximum atomic E-state index is 15.1. The first-order valence-corrected chi connectivity index (χ1v) is 57.4. The van der Waals surface area contributed by atoms with Gasteiger partial charge >= 0.3 is 29.8 Å². The van der Waals surface area contributed by atoms with Crippen LogP contribution in [0.15, 0.2) is 0 Å². The second kappa shape index (κ2) is 70.8. The minimum atomic E-state index is -1.31. The van der Waals surface area contributed by atoms with E-state index in [1.807, 2.05) is 0 Å².